The van der Waals surface area contributed by atoms with E-state index in [4.69, 9.17) is 17.3 Å². The van der Waals surface area contributed by atoms with Gasteiger partial charge in [0, 0.05) is 21.7 Å². The lowest BCUT2D eigenvalue weighted by Crippen LogP contribution is -2.35. The van der Waals surface area contributed by atoms with Gasteiger partial charge >= 0.3 is 0 Å². The average molecular weight is 329 g/mol. The van der Waals surface area contributed by atoms with Gasteiger partial charge in [0.1, 0.15) is 5.25 Å². The lowest BCUT2D eigenvalue weighted by molar-refractivity contribution is -0.115. The Hall–Kier alpha value is -1.07. The van der Waals surface area contributed by atoms with E-state index in [1.807, 2.05) is 0 Å². The van der Waals surface area contributed by atoms with Crippen LogP contribution in [0.2, 0.25) is 5.02 Å². The smallest absolute Gasteiger partial charge is 0.239 e. The fraction of sp³-hybridized carbons (Fsp3) is 0.533. The van der Waals surface area contributed by atoms with Crippen LogP contribution >= 0.6 is 11.6 Å². The molecule has 1 aromatic carbocycles. The highest BCUT2D eigenvalue weighted by molar-refractivity contribution is 7.87. The summed E-state index contributed by atoms with van der Waals surface area (Å²) in [5, 5.41) is 2.83. The average Bonchev–Trinajstić information content (AvgIpc) is 2.50. The SMILES string of the molecule is CC(C(=O)Nc1ccc(Cl)c(N)c1)S(=O)C1CCCCC1. The number of halogens is 1. The van der Waals surface area contributed by atoms with Gasteiger partial charge in [-0.1, -0.05) is 30.9 Å². The van der Waals surface area contributed by atoms with Gasteiger partial charge in [0.15, 0.2) is 0 Å². The van der Waals surface area contributed by atoms with Crippen molar-refractivity contribution in [2.75, 3.05) is 11.1 Å². The quantitative estimate of drug-likeness (QED) is 0.833. The largest absolute Gasteiger partial charge is 0.397 e. The molecule has 0 aliphatic heterocycles. The lowest BCUT2D eigenvalue weighted by Gasteiger charge is -2.23. The van der Waals surface area contributed by atoms with Crippen molar-refractivity contribution < 1.29 is 9.00 Å². The van der Waals surface area contributed by atoms with E-state index < -0.39 is 16.0 Å². The molecule has 116 valence electrons. The first kappa shape index (κ1) is 16.3. The van der Waals surface area contributed by atoms with Crippen molar-refractivity contribution in [3.05, 3.63) is 23.2 Å². The van der Waals surface area contributed by atoms with Gasteiger partial charge < -0.3 is 11.1 Å². The first-order chi connectivity index (χ1) is 9.99. The zero-order valence-electron chi connectivity index (χ0n) is 12.1. The molecule has 6 heteroatoms. The highest BCUT2D eigenvalue weighted by atomic mass is 35.5. The van der Waals surface area contributed by atoms with Gasteiger partial charge in [-0.25, -0.2) is 0 Å². The predicted octanol–water partition coefficient (Wildman–Crippen LogP) is 3.33. The van der Waals surface area contributed by atoms with E-state index in [1.54, 1.807) is 25.1 Å². The summed E-state index contributed by atoms with van der Waals surface area (Å²) in [6.45, 7) is 1.72. The van der Waals surface area contributed by atoms with E-state index >= 15 is 0 Å². The maximum atomic E-state index is 12.5. The summed E-state index contributed by atoms with van der Waals surface area (Å²) in [5.41, 5.74) is 6.70. The molecule has 2 atom stereocenters. The summed E-state index contributed by atoms with van der Waals surface area (Å²) in [7, 11) is -1.13. The number of hydrogen-bond acceptors (Lipinski definition) is 3. The molecular formula is C15H21ClN2O2S. The molecule has 2 unspecified atom stereocenters. The highest BCUT2D eigenvalue weighted by Gasteiger charge is 2.28. The second-order valence-electron chi connectivity index (χ2n) is 5.46. The van der Waals surface area contributed by atoms with Crippen LogP contribution in [0.5, 0.6) is 0 Å². The maximum absolute atomic E-state index is 12.5. The highest BCUT2D eigenvalue weighted by Crippen LogP contribution is 2.25. The van der Waals surface area contributed by atoms with Crippen molar-refractivity contribution in [2.24, 2.45) is 0 Å². The number of carbonyl (C=O) groups is 1. The number of nitrogens with two attached hydrogens (primary N) is 1. The third-order valence-electron chi connectivity index (χ3n) is 3.86. The molecule has 4 nitrogen and oxygen atoms in total. The molecule has 1 saturated carbocycles. The number of anilines is 2. The van der Waals surface area contributed by atoms with Crippen molar-refractivity contribution in [1.29, 1.82) is 0 Å². The number of benzene rings is 1. The molecule has 0 bridgehead atoms. The summed E-state index contributed by atoms with van der Waals surface area (Å²) in [5.74, 6) is -0.236. The minimum atomic E-state index is -1.13. The van der Waals surface area contributed by atoms with Crippen LogP contribution in [0.1, 0.15) is 39.0 Å². The third kappa shape index (κ3) is 4.20. The zero-order chi connectivity index (χ0) is 15.4. The van der Waals surface area contributed by atoms with Gasteiger partial charge in [-0.05, 0) is 38.0 Å². The Morgan fingerprint density at radius 2 is 2.05 bits per heavy atom. The molecular weight excluding hydrogens is 308 g/mol. The van der Waals surface area contributed by atoms with Crippen molar-refractivity contribution >= 4 is 39.7 Å². The first-order valence-electron chi connectivity index (χ1n) is 7.24. The van der Waals surface area contributed by atoms with E-state index in [9.17, 15) is 9.00 Å². The molecule has 0 radical (unpaired) electrons. The monoisotopic (exact) mass is 328 g/mol. The van der Waals surface area contributed by atoms with Gasteiger partial charge in [0.2, 0.25) is 5.91 Å². The molecule has 3 N–H and O–H groups in total. The molecule has 0 heterocycles. The molecule has 0 spiro atoms. The zero-order valence-corrected chi connectivity index (χ0v) is 13.7. The van der Waals surface area contributed by atoms with Gasteiger partial charge in [0.05, 0.1) is 10.7 Å². The van der Waals surface area contributed by atoms with Gasteiger partial charge in [-0.3, -0.25) is 9.00 Å². The van der Waals surface area contributed by atoms with E-state index in [1.165, 1.54) is 6.42 Å². The molecule has 1 aliphatic carbocycles. The van der Waals surface area contributed by atoms with Crippen LogP contribution in [0.25, 0.3) is 0 Å². The van der Waals surface area contributed by atoms with Crippen LogP contribution in [0.4, 0.5) is 11.4 Å². The molecule has 2 rings (SSSR count). The Balaban J connectivity index is 1.98. The van der Waals surface area contributed by atoms with Gasteiger partial charge in [-0.15, -0.1) is 0 Å². The molecule has 0 saturated heterocycles. The molecule has 1 amide bonds. The van der Waals surface area contributed by atoms with Crippen molar-refractivity contribution in [2.45, 2.75) is 49.5 Å². The molecule has 1 aromatic rings. The Kier molecular flexibility index (Phi) is 5.65. The van der Waals surface area contributed by atoms with E-state index in [0.717, 1.165) is 25.7 Å². The van der Waals surface area contributed by atoms with Crippen molar-refractivity contribution in [3.63, 3.8) is 0 Å². The summed E-state index contributed by atoms with van der Waals surface area (Å²) in [6.07, 6.45) is 5.34. The standard InChI is InChI=1S/C15H21ClN2O2S/c1-10(21(20)12-5-3-2-4-6-12)15(19)18-11-7-8-13(16)14(17)9-11/h7-10,12H,2-6,17H2,1H3,(H,18,19). The third-order valence-corrected chi connectivity index (χ3v) is 6.25. The van der Waals surface area contributed by atoms with Crippen LogP contribution in [-0.4, -0.2) is 20.6 Å². The fourth-order valence-electron chi connectivity index (χ4n) is 2.56. The number of nitrogens with one attached hydrogen (secondary N) is 1. The summed E-state index contributed by atoms with van der Waals surface area (Å²) in [6, 6.07) is 4.93. The second-order valence-corrected chi connectivity index (χ2v) is 7.89. The maximum Gasteiger partial charge on any atom is 0.239 e. The topological polar surface area (TPSA) is 72.2 Å². The number of nitrogen functional groups attached to an aromatic ring is 1. The molecule has 21 heavy (non-hydrogen) atoms. The summed E-state index contributed by atoms with van der Waals surface area (Å²) in [4.78, 5) is 12.2. The van der Waals surface area contributed by atoms with Crippen LogP contribution in [0, 0.1) is 0 Å². The molecule has 1 fully saturated rings. The predicted molar refractivity (Wildman–Crippen MR) is 89.0 cm³/mol. The van der Waals surface area contributed by atoms with E-state index in [2.05, 4.69) is 5.32 Å². The Bertz CT molecular complexity index is 544. The summed E-state index contributed by atoms with van der Waals surface area (Å²) < 4.78 is 12.5. The minimum Gasteiger partial charge on any atom is -0.397 e. The normalized spacial score (nSPS) is 19.0. The Morgan fingerprint density at radius 3 is 2.67 bits per heavy atom. The van der Waals surface area contributed by atoms with Crippen LogP contribution in [0.3, 0.4) is 0 Å². The number of hydrogen-bond donors (Lipinski definition) is 2. The van der Waals surface area contributed by atoms with Crippen LogP contribution in [0.15, 0.2) is 18.2 Å². The van der Waals surface area contributed by atoms with E-state index in [-0.39, 0.29) is 11.2 Å². The van der Waals surface area contributed by atoms with Crippen LogP contribution < -0.4 is 11.1 Å². The number of rotatable bonds is 4. The summed E-state index contributed by atoms with van der Waals surface area (Å²) >= 11 is 5.85. The lowest BCUT2D eigenvalue weighted by atomic mass is 10.0. The van der Waals surface area contributed by atoms with Crippen molar-refractivity contribution in [1.82, 2.24) is 0 Å². The first-order valence-corrected chi connectivity index (χ1v) is 8.89. The number of carbonyl (C=O) groups excluding carboxylic acids is 1. The van der Waals surface area contributed by atoms with E-state index in [0.29, 0.717) is 16.4 Å². The molecule has 1 aliphatic rings. The number of amides is 1. The van der Waals surface area contributed by atoms with Crippen LogP contribution in [-0.2, 0) is 15.6 Å². The molecule has 0 aromatic heterocycles. The van der Waals surface area contributed by atoms with Gasteiger partial charge in [-0.2, -0.15) is 0 Å². The van der Waals surface area contributed by atoms with Crippen molar-refractivity contribution in [3.8, 4) is 0 Å². The Morgan fingerprint density at radius 1 is 1.38 bits per heavy atom. The Labute approximate surface area is 132 Å². The minimum absolute atomic E-state index is 0.148. The second kappa shape index (κ2) is 7.27. The van der Waals surface area contributed by atoms with Gasteiger partial charge in [0.25, 0.3) is 0 Å². The fourth-order valence-corrected chi connectivity index (χ4v) is 4.32.